The molecule has 0 saturated heterocycles. The van der Waals surface area contributed by atoms with Crippen molar-refractivity contribution in [1.29, 1.82) is 0 Å². The van der Waals surface area contributed by atoms with Gasteiger partial charge in [0.25, 0.3) is 0 Å². The van der Waals surface area contributed by atoms with Crippen molar-refractivity contribution in [1.82, 2.24) is 9.55 Å². The molecule has 0 amide bonds. The van der Waals surface area contributed by atoms with E-state index in [0.717, 1.165) is 55.9 Å². The number of pyridine rings is 1. The second-order valence-electron chi connectivity index (χ2n) is 10.8. The molecule has 0 bridgehead atoms. The van der Waals surface area contributed by atoms with Crippen molar-refractivity contribution in [2.75, 3.05) is 9.80 Å². The molecular formula is C39H29N4OPt-3. The van der Waals surface area contributed by atoms with Crippen LogP contribution in [0.4, 0.5) is 22.7 Å². The standard InChI is InChI=1S/C39H29N4O.Pt/c1-3-39-41(28-14-5-4-6-15-28)34-18-9-10-19-35(34)43(39)32-20-13-21-37(27(32)2)44-29-23-24-31-30-16-7-8-17-33(30)42(36(31)26-29)38-22-11-12-25-40-38;/h4-25,39H,1-3H2;/q-3;. The van der Waals surface area contributed by atoms with E-state index in [1.165, 1.54) is 0 Å². The molecule has 1 aliphatic heterocycles. The average molecular weight is 765 g/mol. The Kier molecular flexibility index (Phi) is 7.56. The number of para-hydroxylation sites is 4. The molecule has 6 heteroatoms. The minimum atomic E-state index is -0.0254. The number of hydrogen-bond acceptors (Lipinski definition) is 4. The van der Waals surface area contributed by atoms with Crippen LogP contribution in [-0.2, 0) is 21.1 Å². The predicted octanol–water partition coefficient (Wildman–Crippen LogP) is 9.79. The van der Waals surface area contributed by atoms with Gasteiger partial charge in [0, 0.05) is 44.2 Å². The maximum atomic E-state index is 6.57. The van der Waals surface area contributed by atoms with Crippen molar-refractivity contribution in [2.45, 2.75) is 12.6 Å². The van der Waals surface area contributed by atoms with Gasteiger partial charge in [-0.1, -0.05) is 84.0 Å². The van der Waals surface area contributed by atoms with E-state index in [0.29, 0.717) is 17.9 Å². The molecule has 0 spiro atoms. The van der Waals surface area contributed by atoms with Gasteiger partial charge in [0.2, 0.25) is 0 Å². The Morgan fingerprint density at radius 1 is 0.689 bits per heavy atom. The summed E-state index contributed by atoms with van der Waals surface area (Å²) in [4.78, 5) is 9.33. The molecule has 3 heterocycles. The van der Waals surface area contributed by atoms with Gasteiger partial charge in [-0.05, 0) is 53.6 Å². The topological polar surface area (TPSA) is 33.5 Å². The average Bonchev–Trinajstić information content (AvgIpc) is 3.59. The molecule has 7 aromatic rings. The second kappa shape index (κ2) is 11.8. The van der Waals surface area contributed by atoms with Crippen LogP contribution in [-0.4, -0.2) is 15.7 Å². The molecule has 0 radical (unpaired) electrons. The minimum Gasteiger partial charge on any atom is -0.540 e. The fourth-order valence-corrected chi connectivity index (χ4v) is 6.41. The summed E-state index contributed by atoms with van der Waals surface area (Å²) >= 11 is 0. The van der Waals surface area contributed by atoms with Gasteiger partial charge < -0.3 is 26.0 Å². The van der Waals surface area contributed by atoms with Gasteiger partial charge in [0.1, 0.15) is 5.82 Å². The van der Waals surface area contributed by atoms with Crippen LogP contribution < -0.4 is 14.5 Å². The molecule has 8 rings (SSSR count). The molecule has 224 valence electrons. The second-order valence-corrected chi connectivity index (χ2v) is 10.8. The summed E-state index contributed by atoms with van der Waals surface area (Å²) in [5.41, 5.74) is 7.14. The smallest absolute Gasteiger partial charge is 0.135 e. The molecule has 5 nitrogen and oxygen atoms in total. The van der Waals surface area contributed by atoms with Crippen LogP contribution >= 0.6 is 0 Å². The number of fused-ring (bicyclic) bond motifs is 4. The van der Waals surface area contributed by atoms with Crippen LogP contribution in [0.1, 0.15) is 12.0 Å². The van der Waals surface area contributed by atoms with Crippen LogP contribution in [0, 0.1) is 19.9 Å². The largest absolute Gasteiger partial charge is 0.540 e. The van der Waals surface area contributed by atoms with E-state index in [2.05, 4.69) is 118 Å². The van der Waals surface area contributed by atoms with Crippen LogP contribution in [0.25, 0.3) is 27.6 Å². The molecule has 1 aliphatic rings. The molecular weight excluding hydrogens is 736 g/mol. The number of ether oxygens (including phenoxy) is 1. The van der Waals surface area contributed by atoms with E-state index in [1.807, 2.05) is 54.7 Å². The number of hydrogen-bond donors (Lipinski definition) is 0. The molecule has 45 heavy (non-hydrogen) atoms. The summed E-state index contributed by atoms with van der Waals surface area (Å²) in [6.45, 7) is 8.88. The zero-order chi connectivity index (χ0) is 29.6. The maximum absolute atomic E-state index is 6.57. The third kappa shape index (κ3) is 4.75. The first-order valence-corrected chi connectivity index (χ1v) is 14.7. The molecule has 2 aromatic heterocycles. The number of nitrogens with zero attached hydrogens (tertiary/aromatic N) is 4. The summed E-state index contributed by atoms with van der Waals surface area (Å²) < 4.78 is 8.70. The number of benzene rings is 5. The zero-order valence-electron chi connectivity index (χ0n) is 24.4. The number of aromatic nitrogens is 2. The monoisotopic (exact) mass is 764 g/mol. The molecule has 5 aromatic carbocycles. The van der Waals surface area contributed by atoms with E-state index in [1.54, 1.807) is 0 Å². The van der Waals surface area contributed by atoms with Gasteiger partial charge in [-0.2, -0.15) is 13.0 Å². The van der Waals surface area contributed by atoms with E-state index in [9.17, 15) is 0 Å². The summed E-state index contributed by atoms with van der Waals surface area (Å²) in [7, 11) is 0. The van der Waals surface area contributed by atoms with Crippen molar-refractivity contribution in [2.24, 2.45) is 0 Å². The van der Waals surface area contributed by atoms with Crippen LogP contribution in [0.3, 0.4) is 0 Å². The Bertz CT molecular complexity index is 2130. The molecule has 1 unspecified atom stereocenters. The van der Waals surface area contributed by atoms with Gasteiger partial charge in [-0.3, -0.25) is 0 Å². The van der Waals surface area contributed by atoms with Crippen molar-refractivity contribution in [3.63, 3.8) is 0 Å². The van der Waals surface area contributed by atoms with Crippen LogP contribution in [0.15, 0.2) is 134 Å². The molecule has 0 aliphatic carbocycles. The Hall–Kier alpha value is -4.99. The summed E-state index contributed by atoms with van der Waals surface area (Å²) in [5.74, 6) is 2.12. The quantitative estimate of drug-likeness (QED) is 0.158. The van der Waals surface area contributed by atoms with Gasteiger partial charge in [0.05, 0.1) is 17.5 Å². The summed E-state index contributed by atoms with van der Waals surface area (Å²) in [6.07, 6.45) is 2.45. The Balaban J connectivity index is 0.00000325. The summed E-state index contributed by atoms with van der Waals surface area (Å²) in [6, 6.07) is 47.0. The Labute approximate surface area is 277 Å². The zero-order valence-corrected chi connectivity index (χ0v) is 26.7. The van der Waals surface area contributed by atoms with Crippen LogP contribution in [0.5, 0.6) is 11.5 Å². The first-order chi connectivity index (χ1) is 21.7. The van der Waals surface area contributed by atoms with Crippen molar-refractivity contribution in [3.8, 4) is 17.3 Å². The number of anilines is 4. The van der Waals surface area contributed by atoms with Gasteiger partial charge in [-0.15, -0.1) is 29.5 Å². The Morgan fingerprint density at radius 3 is 2.18 bits per heavy atom. The van der Waals surface area contributed by atoms with Crippen molar-refractivity contribution < 1.29 is 25.8 Å². The minimum absolute atomic E-state index is 0. The van der Waals surface area contributed by atoms with Gasteiger partial charge in [-0.25, -0.2) is 4.98 Å². The van der Waals surface area contributed by atoms with E-state index in [-0.39, 0.29) is 27.2 Å². The molecule has 0 N–H and O–H groups in total. The van der Waals surface area contributed by atoms with E-state index < -0.39 is 0 Å². The fraction of sp³-hybridized carbons (Fsp3) is 0.0513. The Morgan fingerprint density at radius 2 is 1.40 bits per heavy atom. The first kappa shape index (κ1) is 28.8. The molecule has 0 saturated carbocycles. The molecule has 0 fully saturated rings. The summed E-state index contributed by atoms with van der Waals surface area (Å²) in [5, 5.41) is 2.24. The third-order valence-electron chi connectivity index (χ3n) is 8.31. The van der Waals surface area contributed by atoms with E-state index in [4.69, 9.17) is 4.74 Å². The maximum Gasteiger partial charge on any atom is 0.135 e. The van der Waals surface area contributed by atoms with Crippen LogP contribution in [0.2, 0.25) is 0 Å². The van der Waals surface area contributed by atoms with E-state index >= 15 is 0 Å². The third-order valence-corrected chi connectivity index (χ3v) is 8.31. The first-order valence-electron chi connectivity index (χ1n) is 14.7. The molecule has 1 atom stereocenters. The predicted molar refractivity (Wildman–Crippen MR) is 179 cm³/mol. The fourth-order valence-electron chi connectivity index (χ4n) is 6.41. The van der Waals surface area contributed by atoms with Crippen molar-refractivity contribution in [3.05, 3.63) is 159 Å². The van der Waals surface area contributed by atoms with Gasteiger partial charge >= 0.3 is 0 Å². The van der Waals surface area contributed by atoms with Gasteiger partial charge in [0.15, 0.2) is 0 Å². The number of rotatable bonds is 6. The normalized spacial score (nSPS) is 14.0. The SMILES string of the molecule is [CH2-]CC1N(c2ccccc2)c2ccccc2N1c1cccc(Oc2[c-]c3c(cc2)c2ccccc2n3-c2ccccn2)c1[CH2-].[Pt]. The van der Waals surface area contributed by atoms with Crippen molar-refractivity contribution >= 4 is 44.6 Å².